The number of thioether (sulfide) groups is 1. The van der Waals surface area contributed by atoms with E-state index < -0.39 is 0 Å². The van der Waals surface area contributed by atoms with Crippen molar-refractivity contribution in [2.24, 2.45) is 0 Å². The third-order valence-electron chi connectivity index (χ3n) is 5.82. The van der Waals surface area contributed by atoms with Crippen LogP contribution in [0.1, 0.15) is 12.8 Å². The number of hydrogen-bond acceptors (Lipinski definition) is 7. The van der Waals surface area contributed by atoms with E-state index in [0.29, 0.717) is 6.54 Å². The summed E-state index contributed by atoms with van der Waals surface area (Å²) in [5.74, 6) is 0.838. The van der Waals surface area contributed by atoms with Crippen molar-refractivity contribution in [2.45, 2.75) is 30.6 Å². The predicted molar refractivity (Wildman–Crippen MR) is 126 cm³/mol. The molecule has 6 nitrogen and oxygen atoms in total. The van der Waals surface area contributed by atoms with Gasteiger partial charge in [0.15, 0.2) is 5.16 Å². The Kier molecular flexibility index (Phi) is 6.71. The monoisotopic (exact) mass is 457 g/mol. The summed E-state index contributed by atoms with van der Waals surface area (Å²) in [7, 11) is 0. The SMILES string of the molecule is O=c1c2sc(-c3ccccc3)cc2nc(SC[C@@H]2CCCO2)n1CCN1CCOCC1. The Morgan fingerprint density at radius 3 is 2.74 bits per heavy atom. The summed E-state index contributed by atoms with van der Waals surface area (Å²) in [5.41, 5.74) is 1.99. The van der Waals surface area contributed by atoms with Crippen molar-refractivity contribution < 1.29 is 9.47 Å². The van der Waals surface area contributed by atoms with Crippen LogP contribution in [-0.4, -0.2) is 65.8 Å². The van der Waals surface area contributed by atoms with E-state index in [1.807, 2.05) is 22.8 Å². The summed E-state index contributed by atoms with van der Waals surface area (Å²) in [4.78, 5) is 21.9. The molecule has 8 heteroatoms. The van der Waals surface area contributed by atoms with Gasteiger partial charge in [0.05, 0.1) is 24.8 Å². The molecule has 0 aliphatic carbocycles. The maximum Gasteiger partial charge on any atom is 0.272 e. The van der Waals surface area contributed by atoms with Gasteiger partial charge in [-0.05, 0) is 24.5 Å². The Bertz CT molecular complexity index is 1070. The molecule has 2 saturated heterocycles. The van der Waals surface area contributed by atoms with Crippen molar-refractivity contribution in [2.75, 3.05) is 45.2 Å². The van der Waals surface area contributed by atoms with Crippen molar-refractivity contribution in [1.29, 1.82) is 0 Å². The normalized spacial score (nSPS) is 19.9. The number of fused-ring (bicyclic) bond motifs is 1. The minimum absolute atomic E-state index is 0.0697. The highest BCUT2D eigenvalue weighted by Crippen LogP contribution is 2.32. The van der Waals surface area contributed by atoms with Crippen molar-refractivity contribution in [3.8, 4) is 10.4 Å². The van der Waals surface area contributed by atoms with E-state index in [1.54, 1.807) is 23.1 Å². The molecule has 0 N–H and O–H groups in total. The first-order chi connectivity index (χ1) is 15.3. The zero-order valence-electron chi connectivity index (χ0n) is 17.5. The van der Waals surface area contributed by atoms with Crippen LogP contribution in [0.2, 0.25) is 0 Å². The number of nitrogens with zero attached hydrogens (tertiary/aromatic N) is 3. The van der Waals surface area contributed by atoms with E-state index in [2.05, 4.69) is 23.1 Å². The highest BCUT2D eigenvalue weighted by molar-refractivity contribution is 7.99. The lowest BCUT2D eigenvalue weighted by atomic mass is 10.2. The summed E-state index contributed by atoms with van der Waals surface area (Å²) in [5, 5.41) is 0.804. The zero-order chi connectivity index (χ0) is 21.0. The van der Waals surface area contributed by atoms with Crippen molar-refractivity contribution >= 4 is 33.3 Å². The molecule has 164 valence electrons. The highest BCUT2D eigenvalue weighted by Gasteiger charge is 2.20. The summed E-state index contributed by atoms with van der Waals surface area (Å²) < 4.78 is 13.9. The van der Waals surface area contributed by atoms with Crippen LogP contribution in [0.25, 0.3) is 20.7 Å². The molecule has 31 heavy (non-hydrogen) atoms. The summed E-state index contributed by atoms with van der Waals surface area (Å²) in [6.45, 7) is 5.68. The molecule has 1 atom stereocenters. The zero-order valence-corrected chi connectivity index (χ0v) is 19.1. The minimum atomic E-state index is 0.0697. The fraction of sp³-hybridized carbons (Fsp3) is 0.478. The van der Waals surface area contributed by atoms with Crippen LogP contribution in [0.15, 0.2) is 46.3 Å². The van der Waals surface area contributed by atoms with Crippen LogP contribution in [0.4, 0.5) is 0 Å². The van der Waals surface area contributed by atoms with Crippen LogP contribution < -0.4 is 5.56 Å². The lowest BCUT2D eigenvalue weighted by Crippen LogP contribution is -2.39. The molecule has 0 saturated carbocycles. The molecule has 4 heterocycles. The minimum Gasteiger partial charge on any atom is -0.379 e. The van der Waals surface area contributed by atoms with Crippen LogP contribution in [0.3, 0.4) is 0 Å². The van der Waals surface area contributed by atoms with Gasteiger partial charge in [0, 0.05) is 43.4 Å². The van der Waals surface area contributed by atoms with Gasteiger partial charge < -0.3 is 9.47 Å². The number of aromatic nitrogens is 2. The highest BCUT2D eigenvalue weighted by atomic mass is 32.2. The van der Waals surface area contributed by atoms with E-state index in [-0.39, 0.29) is 11.7 Å². The van der Waals surface area contributed by atoms with Gasteiger partial charge >= 0.3 is 0 Å². The molecule has 1 aromatic carbocycles. The van der Waals surface area contributed by atoms with Crippen LogP contribution >= 0.6 is 23.1 Å². The first kappa shape index (κ1) is 21.2. The van der Waals surface area contributed by atoms with Crippen molar-refractivity contribution in [3.63, 3.8) is 0 Å². The van der Waals surface area contributed by atoms with Gasteiger partial charge in [0.2, 0.25) is 0 Å². The lowest BCUT2D eigenvalue weighted by molar-refractivity contribution is 0.0359. The Labute approximate surface area is 190 Å². The average molecular weight is 458 g/mol. The Balaban J connectivity index is 1.46. The van der Waals surface area contributed by atoms with Crippen LogP contribution in [0.5, 0.6) is 0 Å². The fourth-order valence-corrected chi connectivity index (χ4v) is 6.19. The van der Waals surface area contributed by atoms with E-state index in [1.165, 1.54) is 0 Å². The Hall–Kier alpha value is -1.71. The standard InChI is InChI=1S/C23H27N3O3S2/c27-22-21-19(15-20(31-21)17-5-2-1-3-6-17)24-23(30-16-18-7-4-12-29-18)26(22)9-8-25-10-13-28-14-11-25/h1-3,5-6,15,18H,4,7-14,16H2/t18-/m0/s1. The molecular weight excluding hydrogens is 430 g/mol. The summed E-state index contributed by atoms with van der Waals surface area (Å²) in [6.07, 6.45) is 2.46. The van der Waals surface area contributed by atoms with E-state index in [9.17, 15) is 4.79 Å². The van der Waals surface area contributed by atoms with Gasteiger partial charge in [0.1, 0.15) is 4.70 Å². The molecular formula is C23H27N3O3S2. The smallest absolute Gasteiger partial charge is 0.272 e. The summed E-state index contributed by atoms with van der Waals surface area (Å²) in [6, 6.07) is 12.3. The number of benzene rings is 1. The fourth-order valence-electron chi connectivity index (χ4n) is 4.05. The molecule has 2 aliphatic rings. The predicted octanol–water partition coefficient (Wildman–Crippen LogP) is 3.73. The van der Waals surface area contributed by atoms with Gasteiger partial charge in [0.25, 0.3) is 5.56 Å². The molecule has 2 fully saturated rings. The third kappa shape index (κ3) is 4.88. The number of ether oxygens (including phenoxy) is 2. The van der Waals surface area contributed by atoms with Gasteiger partial charge in [-0.15, -0.1) is 11.3 Å². The van der Waals surface area contributed by atoms with E-state index >= 15 is 0 Å². The van der Waals surface area contributed by atoms with Crippen molar-refractivity contribution in [1.82, 2.24) is 14.5 Å². The Morgan fingerprint density at radius 2 is 1.97 bits per heavy atom. The number of morpholine rings is 1. The van der Waals surface area contributed by atoms with E-state index in [4.69, 9.17) is 14.5 Å². The molecule has 2 aromatic heterocycles. The molecule has 5 rings (SSSR count). The molecule has 2 aliphatic heterocycles. The van der Waals surface area contributed by atoms with Gasteiger partial charge in [-0.2, -0.15) is 0 Å². The maximum absolute atomic E-state index is 13.5. The second kappa shape index (κ2) is 9.83. The molecule has 0 unspecified atom stereocenters. The second-order valence-electron chi connectivity index (χ2n) is 7.94. The topological polar surface area (TPSA) is 56.6 Å². The summed E-state index contributed by atoms with van der Waals surface area (Å²) >= 11 is 3.19. The number of rotatable bonds is 7. The molecule has 0 radical (unpaired) electrons. The van der Waals surface area contributed by atoms with Gasteiger partial charge in [-0.1, -0.05) is 42.1 Å². The first-order valence-electron chi connectivity index (χ1n) is 10.9. The Morgan fingerprint density at radius 1 is 1.13 bits per heavy atom. The lowest BCUT2D eigenvalue weighted by Gasteiger charge is -2.27. The second-order valence-corrected chi connectivity index (χ2v) is 9.98. The average Bonchev–Trinajstić information content (AvgIpc) is 3.49. The van der Waals surface area contributed by atoms with E-state index in [0.717, 1.165) is 83.9 Å². The third-order valence-corrected chi connectivity index (χ3v) is 8.09. The first-order valence-corrected chi connectivity index (χ1v) is 12.7. The van der Waals surface area contributed by atoms with Gasteiger partial charge in [-0.25, -0.2) is 4.98 Å². The van der Waals surface area contributed by atoms with Crippen molar-refractivity contribution in [3.05, 3.63) is 46.8 Å². The quantitative estimate of drug-likeness (QED) is 0.398. The molecule has 0 bridgehead atoms. The number of hydrogen-bond donors (Lipinski definition) is 0. The van der Waals surface area contributed by atoms with Crippen LogP contribution in [0, 0.1) is 0 Å². The number of thiophene rings is 1. The molecule has 3 aromatic rings. The molecule has 0 spiro atoms. The van der Waals surface area contributed by atoms with Gasteiger partial charge in [-0.3, -0.25) is 14.3 Å². The van der Waals surface area contributed by atoms with Crippen LogP contribution in [-0.2, 0) is 16.0 Å². The largest absolute Gasteiger partial charge is 0.379 e. The molecule has 0 amide bonds. The maximum atomic E-state index is 13.5.